The summed E-state index contributed by atoms with van der Waals surface area (Å²) in [5.41, 5.74) is 0. The lowest BCUT2D eigenvalue weighted by molar-refractivity contribution is -0.147. The molecule has 2 atom stereocenters. The summed E-state index contributed by atoms with van der Waals surface area (Å²) in [4.78, 5) is 32.8. The van der Waals surface area contributed by atoms with Gasteiger partial charge in [0.05, 0.1) is 13.2 Å². The minimum absolute atomic E-state index is 0.0841. The molecule has 10 heteroatoms. The lowest BCUT2D eigenvalue weighted by Crippen LogP contribution is -2.27. The van der Waals surface area contributed by atoms with E-state index in [9.17, 15) is 24.2 Å². The van der Waals surface area contributed by atoms with Crippen molar-refractivity contribution in [3.05, 3.63) is 0 Å². The number of phosphoric acid groups is 1. The van der Waals surface area contributed by atoms with Crippen molar-refractivity contribution >= 4 is 19.7 Å². The third-order valence-corrected chi connectivity index (χ3v) is 5.52. The van der Waals surface area contributed by atoms with Crippen molar-refractivity contribution in [3.8, 4) is 0 Å². The van der Waals surface area contributed by atoms with Gasteiger partial charge in [-0.05, 0) is 12.8 Å². The van der Waals surface area contributed by atoms with E-state index in [1.54, 1.807) is 0 Å². The number of carbonyl (C=O) groups excluding carboxylic acids is 2. The molecule has 184 valence electrons. The minimum Gasteiger partial charge on any atom is -0.463 e. The number of amides is 1. The van der Waals surface area contributed by atoms with Crippen LogP contribution < -0.4 is 5.32 Å². The van der Waals surface area contributed by atoms with Gasteiger partial charge in [-0.25, -0.2) is 4.57 Å². The van der Waals surface area contributed by atoms with Gasteiger partial charge in [-0.3, -0.25) is 18.6 Å². The van der Waals surface area contributed by atoms with Crippen LogP contribution in [0.5, 0.6) is 0 Å². The second-order valence-corrected chi connectivity index (χ2v) is 9.07. The van der Waals surface area contributed by atoms with Crippen molar-refractivity contribution in [3.63, 3.8) is 0 Å². The molecule has 0 bridgehead atoms. The van der Waals surface area contributed by atoms with E-state index < -0.39 is 26.5 Å². The third kappa shape index (κ3) is 20.7. The summed E-state index contributed by atoms with van der Waals surface area (Å²) in [7, 11) is -4.37. The van der Waals surface area contributed by atoms with E-state index in [1.165, 1.54) is 19.3 Å². The van der Waals surface area contributed by atoms with Crippen LogP contribution in [0.2, 0.25) is 0 Å². The largest absolute Gasteiger partial charge is 0.472 e. The molecule has 0 fully saturated rings. The number of phosphoric ester groups is 1. The van der Waals surface area contributed by atoms with Crippen LogP contribution in [-0.4, -0.2) is 54.3 Å². The number of aliphatic hydroxyl groups is 1. The summed E-state index contributed by atoms with van der Waals surface area (Å²) in [5.74, 6) is -0.546. The van der Waals surface area contributed by atoms with Gasteiger partial charge in [-0.1, -0.05) is 65.2 Å². The number of hydrogen-bond donors (Lipinski definition) is 3. The van der Waals surface area contributed by atoms with E-state index in [0.29, 0.717) is 6.42 Å². The van der Waals surface area contributed by atoms with Crippen LogP contribution in [0, 0.1) is 0 Å². The molecule has 0 aromatic carbocycles. The van der Waals surface area contributed by atoms with Gasteiger partial charge >= 0.3 is 13.8 Å². The van der Waals surface area contributed by atoms with Crippen molar-refractivity contribution in [2.75, 3.05) is 26.4 Å². The summed E-state index contributed by atoms with van der Waals surface area (Å²) < 4.78 is 26.1. The number of ether oxygens (including phenoxy) is 1. The summed E-state index contributed by atoms with van der Waals surface area (Å²) >= 11 is 0. The number of esters is 1. The SMILES string of the molecule is CCCCCCCCC(=O)NCCOP(=O)(O)OCC(O)COC(=O)CCCCCC. The van der Waals surface area contributed by atoms with E-state index in [4.69, 9.17) is 13.8 Å². The van der Waals surface area contributed by atoms with Gasteiger partial charge in [0, 0.05) is 19.4 Å². The van der Waals surface area contributed by atoms with Gasteiger partial charge in [-0.2, -0.15) is 0 Å². The topological polar surface area (TPSA) is 131 Å². The average Bonchev–Trinajstić information content (AvgIpc) is 2.74. The number of unbranched alkanes of at least 4 members (excludes halogenated alkanes) is 8. The Kier molecular flexibility index (Phi) is 19.0. The maximum absolute atomic E-state index is 11.8. The van der Waals surface area contributed by atoms with Crippen molar-refractivity contribution in [1.82, 2.24) is 5.32 Å². The smallest absolute Gasteiger partial charge is 0.463 e. The standard InChI is InChI=1S/C21H42NO8P/c1-3-5-7-9-10-11-13-20(24)22-15-16-29-31(26,27)30-18-19(23)17-28-21(25)14-12-8-6-4-2/h19,23H,3-18H2,1-2H3,(H,22,24)(H,26,27). The molecule has 3 N–H and O–H groups in total. The molecule has 9 nitrogen and oxygen atoms in total. The fraction of sp³-hybridized carbons (Fsp3) is 0.905. The second kappa shape index (κ2) is 19.7. The van der Waals surface area contributed by atoms with Crippen molar-refractivity contribution in [2.24, 2.45) is 0 Å². The molecule has 0 aliphatic carbocycles. The molecule has 0 saturated carbocycles. The Hall–Kier alpha value is -0.990. The zero-order valence-corrected chi connectivity index (χ0v) is 20.1. The van der Waals surface area contributed by atoms with Gasteiger partial charge in [0.1, 0.15) is 12.7 Å². The van der Waals surface area contributed by atoms with Crippen LogP contribution in [0.4, 0.5) is 0 Å². The first-order valence-corrected chi connectivity index (χ1v) is 13.0. The molecular formula is C21H42NO8P. The summed E-state index contributed by atoms with van der Waals surface area (Å²) in [5, 5.41) is 12.3. The molecule has 0 aromatic rings. The van der Waals surface area contributed by atoms with Crippen molar-refractivity contribution < 1.29 is 37.9 Å². The highest BCUT2D eigenvalue weighted by molar-refractivity contribution is 7.47. The Bertz CT molecular complexity index is 518. The maximum Gasteiger partial charge on any atom is 0.472 e. The van der Waals surface area contributed by atoms with E-state index >= 15 is 0 Å². The molecule has 0 aliphatic rings. The molecule has 0 radical (unpaired) electrons. The number of rotatable bonds is 21. The third-order valence-electron chi connectivity index (χ3n) is 4.54. The summed E-state index contributed by atoms with van der Waals surface area (Å²) in [6.07, 6.45) is 9.81. The van der Waals surface area contributed by atoms with Gasteiger partial charge in [0.25, 0.3) is 0 Å². The van der Waals surface area contributed by atoms with Crippen molar-refractivity contribution in [1.29, 1.82) is 0 Å². The highest BCUT2D eigenvalue weighted by Crippen LogP contribution is 2.42. The van der Waals surface area contributed by atoms with Crippen LogP contribution in [0.25, 0.3) is 0 Å². The van der Waals surface area contributed by atoms with E-state index in [0.717, 1.165) is 44.9 Å². The van der Waals surface area contributed by atoms with E-state index in [2.05, 4.69) is 19.2 Å². The molecule has 31 heavy (non-hydrogen) atoms. The zero-order valence-electron chi connectivity index (χ0n) is 19.2. The Labute approximate surface area is 186 Å². The monoisotopic (exact) mass is 467 g/mol. The van der Waals surface area contributed by atoms with Gasteiger partial charge < -0.3 is 20.1 Å². The van der Waals surface area contributed by atoms with Crippen LogP contribution in [-0.2, 0) is 27.9 Å². The summed E-state index contributed by atoms with van der Waals surface area (Å²) in [6.45, 7) is 3.29. The lowest BCUT2D eigenvalue weighted by atomic mass is 10.1. The molecule has 0 saturated heterocycles. The highest BCUT2D eigenvalue weighted by atomic mass is 31.2. The van der Waals surface area contributed by atoms with E-state index in [1.807, 2.05) is 0 Å². The maximum atomic E-state index is 11.8. The molecule has 0 heterocycles. The molecule has 0 aromatic heterocycles. The first-order valence-electron chi connectivity index (χ1n) is 11.5. The quantitative estimate of drug-likeness (QED) is 0.132. The molecule has 1 amide bonds. The van der Waals surface area contributed by atoms with Gasteiger partial charge in [0.2, 0.25) is 5.91 Å². The Morgan fingerprint density at radius 3 is 2.13 bits per heavy atom. The molecule has 2 unspecified atom stereocenters. The predicted molar refractivity (Wildman–Crippen MR) is 118 cm³/mol. The van der Waals surface area contributed by atoms with E-state index in [-0.39, 0.29) is 32.1 Å². The van der Waals surface area contributed by atoms with Gasteiger partial charge in [0.15, 0.2) is 0 Å². The molecule has 0 rings (SSSR count). The average molecular weight is 468 g/mol. The van der Waals surface area contributed by atoms with Crippen LogP contribution in [0.3, 0.4) is 0 Å². The fourth-order valence-electron chi connectivity index (χ4n) is 2.73. The van der Waals surface area contributed by atoms with Gasteiger partial charge in [-0.15, -0.1) is 0 Å². The van der Waals surface area contributed by atoms with Crippen LogP contribution in [0.1, 0.15) is 90.9 Å². The summed E-state index contributed by atoms with van der Waals surface area (Å²) in [6, 6.07) is 0. The van der Waals surface area contributed by atoms with Crippen molar-refractivity contribution in [2.45, 2.75) is 97.0 Å². The number of hydrogen-bond acceptors (Lipinski definition) is 7. The normalized spacial score (nSPS) is 14.1. The molecular weight excluding hydrogens is 425 g/mol. The Morgan fingerprint density at radius 2 is 1.45 bits per heavy atom. The van der Waals surface area contributed by atoms with Crippen LogP contribution >= 0.6 is 7.82 Å². The van der Waals surface area contributed by atoms with Crippen LogP contribution in [0.15, 0.2) is 0 Å². The zero-order chi connectivity index (χ0) is 23.4. The lowest BCUT2D eigenvalue weighted by Gasteiger charge is -2.15. The predicted octanol–water partition coefficient (Wildman–Crippen LogP) is 3.86. The first-order chi connectivity index (χ1) is 14.8. The number of nitrogens with one attached hydrogen (secondary N) is 1. The number of aliphatic hydroxyl groups excluding tert-OH is 1. The second-order valence-electron chi connectivity index (χ2n) is 7.61. The fourth-order valence-corrected chi connectivity index (χ4v) is 3.49. The molecule has 0 aliphatic heterocycles. The number of carbonyl (C=O) groups is 2. The highest BCUT2D eigenvalue weighted by Gasteiger charge is 2.23. The first kappa shape index (κ1) is 30.0. The Balaban J connectivity index is 3.75. The molecule has 0 spiro atoms. The Morgan fingerprint density at radius 1 is 0.871 bits per heavy atom. The minimum atomic E-state index is -4.37.